The van der Waals surface area contributed by atoms with E-state index in [9.17, 15) is 5.26 Å². The summed E-state index contributed by atoms with van der Waals surface area (Å²) in [7, 11) is 0. The quantitative estimate of drug-likeness (QED) is 0.675. The molecule has 1 rings (SSSR count). The summed E-state index contributed by atoms with van der Waals surface area (Å²) in [4.78, 5) is 1.05. The fourth-order valence-corrected chi connectivity index (χ4v) is 2.82. The molecule has 1 atom stereocenters. The van der Waals surface area contributed by atoms with Gasteiger partial charge in [0.2, 0.25) is 0 Å². The van der Waals surface area contributed by atoms with E-state index in [1.54, 1.807) is 11.8 Å². The molecule has 3 heteroatoms. The van der Waals surface area contributed by atoms with Crippen molar-refractivity contribution in [2.24, 2.45) is 0 Å². The Bertz CT molecular complexity index is 423. The highest BCUT2D eigenvalue weighted by Gasteiger charge is 2.12. The highest BCUT2D eigenvalue weighted by Crippen LogP contribution is 2.27. The van der Waals surface area contributed by atoms with Gasteiger partial charge in [0.25, 0.3) is 0 Å². The first-order chi connectivity index (χ1) is 9.26. The highest BCUT2D eigenvalue weighted by atomic mass is 32.2. The Hall–Kier alpha value is -1.14. The SMILES string of the molecule is CCCCC(CCC)Nc1cccc(SC)c1C#N. The lowest BCUT2D eigenvalue weighted by atomic mass is 10.0. The molecule has 104 valence electrons. The van der Waals surface area contributed by atoms with Crippen LogP contribution in [0.3, 0.4) is 0 Å². The molecule has 0 saturated carbocycles. The van der Waals surface area contributed by atoms with Crippen LogP contribution in [0.5, 0.6) is 0 Å². The normalized spacial score (nSPS) is 11.9. The molecule has 0 saturated heterocycles. The number of thioether (sulfide) groups is 1. The van der Waals surface area contributed by atoms with Gasteiger partial charge < -0.3 is 5.32 Å². The van der Waals surface area contributed by atoms with Gasteiger partial charge in [-0.1, -0.05) is 39.2 Å². The molecule has 0 fully saturated rings. The lowest BCUT2D eigenvalue weighted by Crippen LogP contribution is -2.20. The summed E-state index contributed by atoms with van der Waals surface area (Å²) < 4.78 is 0. The number of unbranched alkanes of at least 4 members (excludes halogenated alkanes) is 1. The standard InChI is InChI=1S/C16H24N2S/c1-4-6-9-13(8-5-2)18-15-10-7-11-16(19-3)14(15)12-17/h7,10-11,13,18H,4-6,8-9H2,1-3H3. The number of anilines is 1. The van der Waals surface area contributed by atoms with Gasteiger partial charge in [-0.3, -0.25) is 0 Å². The maximum Gasteiger partial charge on any atom is 0.102 e. The van der Waals surface area contributed by atoms with Gasteiger partial charge in [-0.05, 0) is 31.2 Å². The molecule has 1 aromatic rings. The molecular weight excluding hydrogens is 252 g/mol. The molecule has 0 bridgehead atoms. The van der Waals surface area contributed by atoms with Gasteiger partial charge in [-0.25, -0.2) is 0 Å². The van der Waals surface area contributed by atoms with Crippen LogP contribution in [0.1, 0.15) is 51.5 Å². The fourth-order valence-electron chi connectivity index (χ4n) is 2.24. The van der Waals surface area contributed by atoms with Crippen molar-refractivity contribution in [2.75, 3.05) is 11.6 Å². The Balaban J connectivity index is 2.86. The molecule has 2 nitrogen and oxygen atoms in total. The van der Waals surface area contributed by atoms with Gasteiger partial charge >= 0.3 is 0 Å². The van der Waals surface area contributed by atoms with E-state index in [-0.39, 0.29) is 0 Å². The van der Waals surface area contributed by atoms with E-state index in [2.05, 4.69) is 25.2 Å². The van der Waals surface area contributed by atoms with Crippen LogP contribution in [0.25, 0.3) is 0 Å². The van der Waals surface area contributed by atoms with Crippen molar-refractivity contribution in [1.82, 2.24) is 0 Å². The van der Waals surface area contributed by atoms with Crippen LogP contribution in [-0.2, 0) is 0 Å². The topological polar surface area (TPSA) is 35.8 Å². The molecule has 0 aliphatic carbocycles. The Morgan fingerprint density at radius 3 is 2.63 bits per heavy atom. The van der Waals surface area contributed by atoms with Crippen LogP contribution in [0.15, 0.2) is 23.1 Å². The average Bonchev–Trinajstić information content (AvgIpc) is 2.44. The number of nitrogens with one attached hydrogen (secondary N) is 1. The number of nitriles is 1. The van der Waals surface area contributed by atoms with Crippen LogP contribution >= 0.6 is 11.8 Å². The van der Waals surface area contributed by atoms with E-state index in [0.29, 0.717) is 6.04 Å². The number of hydrogen-bond donors (Lipinski definition) is 1. The molecule has 0 radical (unpaired) electrons. The van der Waals surface area contributed by atoms with Crippen LogP contribution < -0.4 is 5.32 Å². The summed E-state index contributed by atoms with van der Waals surface area (Å²) in [5.41, 5.74) is 1.77. The predicted molar refractivity (Wildman–Crippen MR) is 84.8 cm³/mol. The predicted octanol–water partition coefficient (Wildman–Crippen LogP) is 5.05. The van der Waals surface area contributed by atoms with Crippen LogP contribution in [-0.4, -0.2) is 12.3 Å². The molecule has 0 spiro atoms. The second-order valence-electron chi connectivity index (χ2n) is 4.77. The maximum absolute atomic E-state index is 9.35. The minimum absolute atomic E-state index is 0.481. The lowest BCUT2D eigenvalue weighted by Gasteiger charge is -2.20. The monoisotopic (exact) mass is 276 g/mol. The molecule has 0 aliphatic heterocycles. The number of nitrogens with zero attached hydrogens (tertiary/aromatic N) is 1. The summed E-state index contributed by atoms with van der Waals surface area (Å²) >= 11 is 1.63. The van der Waals surface area contributed by atoms with Crippen LogP contribution in [0.2, 0.25) is 0 Å². The zero-order valence-electron chi connectivity index (χ0n) is 12.2. The third kappa shape index (κ3) is 4.80. The smallest absolute Gasteiger partial charge is 0.102 e. The minimum atomic E-state index is 0.481. The number of benzene rings is 1. The number of rotatable bonds is 8. The van der Waals surface area contributed by atoms with Gasteiger partial charge in [-0.15, -0.1) is 11.8 Å². The third-order valence-electron chi connectivity index (χ3n) is 3.26. The molecule has 0 aromatic heterocycles. The summed E-state index contributed by atoms with van der Waals surface area (Å²) in [5.74, 6) is 0. The van der Waals surface area contributed by atoms with Crippen molar-refractivity contribution < 1.29 is 0 Å². The average molecular weight is 276 g/mol. The first kappa shape index (κ1) is 15.9. The van der Waals surface area contributed by atoms with E-state index in [1.807, 2.05) is 24.5 Å². The highest BCUT2D eigenvalue weighted by molar-refractivity contribution is 7.98. The Morgan fingerprint density at radius 2 is 2.05 bits per heavy atom. The van der Waals surface area contributed by atoms with Crippen molar-refractivity contribution in [2.45, 2.75) is 56.9 Å². The zero-order chi connectivity index (χ0) is 14.1. The second kappa shape index (κ2) is 8.87. The van der Waals surface area contributed by atoms with Crippen molar-refractivity contribution in [3.8, 4) is 6.07 Å². The van der Waals surface area contributed by atoms with Gasteiger partial charge in [0.15, 0.2) is 0 Å². The Labute approximate surface area is 121 Å². The summed E-state index contributed by atoms with van der Waals surface area (Å²) in [6, 6.07) is 8.87. The zero-order valence-corrected chi connectivity index (χ0v) is 13.0. The first-order valence-electron chi connectivity index (χ1n) is 7.10. The third-order valence-corrected chi connectivity index (χ3v) is 4.04. The van der Waals surface area contributed by atoms with Gasteiger partial charge in [0.1, 0.15) is 6.07 Å². The first-order valence-corrected chi connectivity index (χ1v) is 8.32. The van der Waals surface area contributed by atoms with Gasteiger partial charge in [0, 0.05) is 10.9 Å². The fraction of sp³-hybridized carbons (Fsp3) is 0.562. The lowest BCUT2D eigenvalue weighted by molar-refractivity contribution is 0.564. The van der Waals surface area contributed by atoms with Crippen molar-refractivity contribution >= 4 is 17.4 Å². The van der Waals surface area contributed by atoms with E-state index < -0.39 is 0 Å². The van der Waals surface area contributed by atoms with E-state index in [1.165, 1.54) is 25.7 Å². The molecule has 0 heterocycles. The number of hydrogen-bond acceptors (Lipinski definition) is 3. The molecule has 19 heavy (non-hydrogen) atoms. The molecule has 1 N–H and O–H groups in total. The van der Waals surface area contributed by atoms with Crippen LogP contribution in [0.4, 0.5) is 5.69 Å². The molecule has 0 aliphatic rings. The van der Waals surface area contributed by atoms with Crippen molar-refractivity contribution in [1.29, 1.82) is 5.26 Å². The molecule has 1 unspecified atom stereocenters. The molecule has 0 amide bonds. The molecular formula is C16H24N2S. The van der Waals surface area contributed by atoms with Crippen molar-refractivity contribution in [3.05, 3.63) is 23.8 Å². The van der Waals surface area contributed by atoms with E-state index in [4.69, 9.17) is 0 Å². The van der Waals surface area contributed by atoms with Crippen molar-refractivity contribution in [3.63, 3.8) is 0 Å². The minimum Gasteiger partial charge on any atom is -0.381 e. The van der Waals surface area contributed by atoms with Gasteiger partial charge in [-0.2, -0.15) is 5.26 Å². The van der Waals surface area contributed by atoms with E-state index >= 15 is 0 Å². The van der Waals surface area contributed by atoms with Crippen LogP contribution in [0, 0.1) is 11.3 Å². The van der Waals surface area contributed by atoms with Gasteiger partial charge in [0.05, 0.1) is 11.3 Å². The Morgan fingerprint density at radius 1 is 1.26 bits per heavy atom. The summed E-state index contributed by atoms with van der Waals surface area (Å²) in [6.07, 6.45) is 7.98. The summed E-state index contributed by atoms with van der Waals surface area (Å²) in [5, 5.41) is 12.9. The summed E-state index contributed by atoms with van der Waals surface area (Å²) in [6.45, 7) is 4.43. The van der Waals surface area contributed by atoms with E-state index in [0.717, 1.165) is 22.6 Å². The Kier molecular flexibility index (Phi) is 7.43. The molecule has 1 aromatic carbocycles. The maximum atomic E-state index is 9.35. The largest absolute Gasteiger partial charge is 0.381 e. The second-order valence-corrected chi connectivity index (χ2v) is 5.61.